The van der Waals surface area contributed by atoms with Gasteiger partial charge in [-0.1, -0.05) is 6.92 Å². The Hall–Kier alpha value is -1.67. The molecule has 0 aromatic carbocycles. The second-order valence-electron chi connectivity index (χ2n) is 7.29. The van der Waals surface area contributed by atoms with Crippen LogP contribution in [0.3, 0.4) is 0 Å². The highest BCUT2D eigenvalue weighted by atomic mass is 31.3. The summed E-state index contributed by atoms with van der Waals surface area (Å²) in [5.41, 5.74) is -0.335. The Balaban J connectivity index is 1.82. The molecule has 1 aliphatic heterocycles. The van der Waals surface area contributed by atoms with E-state index in [0.29, 0.717) is 0 Å². The number of aromatic nitrogens is 4. The molecule has 174 valence electrons. The van der Waals surface area contributed by atoms with Crippen molar-refractivity contribution in [3.05, 3.63) is 16.7 Å². The van der Waals surface area contributed by atoms with Crippen molar-refractivity contribution >= 4 is 32.8 Å². The van der Waals surface area contributed by atoms with Gasteiger partial charge in [0.25, 0.3) is 5.56 Å². The van der Waals surface area contributed by atoms with Crippen molar-refractivity contribution < 1.29 is 42.5 Å². The molecule has 0 radical (unpaired) electrons. The number of anilines is 1. The van der Waals surface area contributed by atoms with Crippen molar-refractivity contribution in [2.45, 2.75) is 45.2 Å². The van der Waals surface area contributed by atoms with E-state index in [0.717, 1.165) is 0 Å². The van der Waals surface area contributed by atoms with Crippen LogP contribution in [0.4, 0.5) is 5.95 Å². The number of nitrogens with zero attached hydrogens (tertiary/aromatic N) is 3. The molecule has 6 N–H and O–H groups in total. The number of aliphatic hydroxyl groups is 1. The summed E-state index contributed by atoms with van der Waals surface area (Å²) in [6.45, 7) is 4.68. The number of phosphoric acid groups is 2. The highest BCUT2D eigenvalue weighted by Crippen LogP contribution is 2.57. The number of phosphoric ester groups is 1. The maximum atomic E-state index is 12.3. The van der Waals surface area contributed by atoms with Gasteiger partial charge in [-0.15, -0.1) is 0 Å². The summed E-state index contributed by atoms with van der Waals surface area (Å²) in [6, 6.07) is -0.0172. The number of hydrogen-bond acceptors (Lipinski definition) is 10. The number of rotatable bonds is 8. The average molecular weight is 483 g/mol. The summed E-state index contributed by atoms with van der Waals surface area (Å²) in [5, 5.41) is 13.6. The minimum absolute atomic E-state index is 0.0172. The first kappa shape index (κ1) is 24.0. The van der Waals surface area contributed by atoms with Gasteiger partial charge in [0.2, 0.25) is 5.95 Å². The maximum absolute atomic E-state index is 12.3. The van der Waals surface area contributed by atoms with Crippen LogP contribution in [-0.4, -0.2) is 64.2 Å². The van der Waals surface area contributed by atoms with Crippen LogP contribution < -0.4 is 10.9 Å². The molecule has 31 heavy (non-hydrogen) atoms. The number of H-pyrrole nitrogens is 1. The Morgan fingerprint density at radius 2 is 2.03 bits per heavy atom. The molecule has 3 rings (SSSR count). The van der Waals surface area contributed by atoms with Crippen LogP contribution in [-0.2, 0) is 22.7 Å². The van der Waals surface area contributed by atoms with E-state index in [2.05, 4.69) is 29.1 Å². The molecular formula is C14H23N5O10P2. The summed E-state index contributed by atoms with van der Waals surface area (Å²) in [7, 11) is -10.3. The third-order valence-electron chi connectivity index (χ3n) is 4.47. The molecular weight excluding hydrogens is 460 g/mol. The first-order valence-corrected chi connectivity index (χ1v) is 12.1. The van der Waals surface area contributed by atoms with E-state index >= 15 is 0 Å². The van der Waals surface area contributed by atoms with Gasteiger partial charge in [-0.25, -0.2) is 14.1 Å². The number of aromatic amines is 1. The summed E-state index contributed by atoms with van der Waals surface area (Å²) in [4.78, 5) is 49.9. The monoisotopic (exact) mass is 483 g/mol. The normalized spacial score (nSPS) is 26.5. The minimum Gasteiger partial charge on any atom is -0.388 e. The van der Waals surface area contributed by atoms with Gasteiger partial charge in [-0.3, -0.25) is 18.9 Å². The zero-order valence-corrected chi connectivity index (χ0v) is 18.4. The van der Waals surface area contributed by atoms with E-state index in [1.165, 1.54) is 10.9 Å². The molecule has 1 saturated heterocycles. The van der Waals surface area contributed by atoms with Crippen molar-refractivity contribution in [1.82, 2.24) is 19.5 Å². The molecule has 0 amide bonds. The molecule has 17 heteroatoms. The van der Waals surface area contributed by atoms with Crippen molar-refractivity contribution in [2.75, 3.05) is 11.9 Å². The molecule has 0 bridgehead atoms. The quantitative estimate of drug-likeness (QED) is 0.274. The van der Waals surface area contributed by atoms with Gasteiger partial charge in [0, 0.05) is 12.0 Å². The zero-order valence-electron chi connectivity index (χ0n) is 16.6. The Morgan fingerprint density at radius 1 is 1.35 bits per heavy atom. The van der Waals surface area contributed by atoms with Crippen LogP contribution in [0.1, 0.15) is 27.0 Å². The fraction of sp³-hybridized carbons (Fsp3) is 0.643. The summed E-state index contributed by atoms with van der Waals surface area (Å²) in [5.74, 6) is -0.432. The number of ether oxygens (including phenoxy) is 1. The van der Waals surface area contributed by atoms with E-state index in [9.17, 15) is 23.9 Å². The fourth-order valence-corrected chi connectivity index (χ4v) is 4.66. The Labute approximate surface area is 175 Å². The first-order valence-electron chi connectivity index (χ1n) is 9.08. The van der Waals surface area contributed by atoms with Crippen LogP contribution in [0.2, 0.25) is 0 Å². The molecule has 0 spiro atoms. The summed E-state index contributed by atoms with van der Waals surface area (Å²) in [6.07, 6.45) is -1.89. The van der Waals surface area contributed by atoms with Crippen LogP contribution in [0.15, 0.2) is 11.1 Å². The largest absolute Gasteiger partial charge is 0.481 e. The molecule has 1 aliphatic rings. The highest BCUT2D eigenvalue weighted by Gasteiger charge is 2.44. The fourth-order valence-electron chi connectivity index (χ4n) is 3.06. The van der Waals surface area contributed by atoms with Gasteiger partial charge >= 0.3 is 15.6 Å². The second-order valence-corrected chi connectivity index (χ2v) is 10.1. The van der Waals surface area contributed by atoms with Crippen molar-refractivity contribution in [2.24, 2.45) is 5.92 Å². The summed E-state index contributed by atoms with van der Waals surface area (Å²) >= 11 is 0. The zero-order chi connectivity index (χ0) is 23.1. The Morgan fingerprint density at radius 3 is 2.65 bits per heavy atom. The van der Waals surface area contributed by atoms with Crippen molar-refractivity contribution in [3.63, 3.8) is 0 Å². The molecule has 3 heterocycles. The maximum Gasteiger partial charge on any atom is 0.481 e. The van der Waals surface area contributed by atoms with E-state index in [4.69, 9.17) is 14.5 Å². The van der Waals surface area contributed by atoms with Crippen molar-refractivity contribution in [3.8, 4) is 0 Å². The lowest BCUT2D eigenvalue weighted by molar-refractivity contribution is -0.0485. The molecule has 2 aromatic rings. The second kappa shape index (κ2) is 8.70. The topological polar surface area (TPSA) is 218 Å². The van der Waals surface area contributed by atoms with E-state index in [1.54, 1.807) is 6.92 Å². The van der Waals surface area contributed by atoms with Gasteiger partial charge in [0.1, 0.15) is 6.10 Å². The third-order valence-corrected chi connectivity index (χ3v) is 6.63. The van der Waals surface area contributed by atoms with E-state index in [1.807, 2.05) is 13.8 Å². The number of aliphatic hydroxyl groups excluding tert-OH is 1. The summed E-state index contributed by atoms with van der Waals surface area (Å²) < 4.78 is 37.8. The van der Waals surface area contributed by atoms with Crippen LogP contribution in [0.5, 0.6) is 0 Å². The molecule has 1 fully saturated rings. The lowest BCUT2D eigenvalue weighted by atomic mass is 10.0. The molecule has 2 aromatic heterocycles. The van der Waals surface area contributed by atoms with Gasteiger partial charge in [0.05, 0.1) is 19.0 Å². The third kappa shape index (κ3) is 5.58. The molecule has 0 aliphatic carbocycles. The lowest BCUT2D eigenvalue weighted by Crippen LogP contribution is -2.26. The van der Waals surface area contributed by atoms with Gasteiger partial charge in [0.15, 0.2) is 17.4 Å². The number of imidazole rings is 1. The number of hydrogen-bond donors (Lipinski definition) is 6. The lowest BCUT2D eigenvalue weighted by Gasteiger charge is -2.18. The highest BCUT2D eigenvalue weighted by molar-refractivity contribution is 7.60. The molecule has 15 nitrogen and oxygen atoms in total. The Bertz CT molecular complexity index is 1100. The first-order chi connectivity index (χ1) is 14.3. The van der Waals surface area contributed by atoms with Crippen molar-refractivity contribution in [1.29, 1.82) is 0 Å². The smallest absolute Gasteiger partial charge is 0.388 e. The van der Waals surface area contributed by atoms with Crippen LogP contribution >= 0.6 is 15.6 Å². The Kier molecular flexibility index (Phi) is 6.73. The van der Waals surface area contributed by atoms with Gasteiger partial charge in [-0.2, -0.15) is 9.29 Å². The molecule has 1 unspecified atom stereocenters. The standard InChI is InChI=1S/C14H23N5O10P2/c1-6(2)16-14-17-11-9(12(21)18-14)15-5-19(11)13-10(20)7(3)8(28-13)4-27-31(25,26)29-30(22,23)24/h5-8,10,13,20H,4H2,1-3H3,(H,25,26)(H2,22,23,24)(H2,16,17,18,21)/t7-,8-,10-,13-/m1/s1. The SMILES string of the molecule is CC(C)Nc1nc2c(ncn2[C@@H]2O[C@H](COP(=O)(O)OP(=O)(O)O)[C@@H](C)[C@H]2O)c(=O)[nH]1. The number of fused-ring (bicyclic) bond motifs is 1. The van der Waals surface area contributed by atoms with E-state index in [-0.39, 0.29) is 23.2 Å². The van der Waals surface area contributed by atoms with Gasteiger partial charge in [-0.05, 0) is 13.8 Å². The van der Waals surface area contributed by atoms with E-state index < -0.39 is 52.2 Å². The molecule has 5 atom stereocenters. The predicted octanol–water partition coefficient (Wildman–Crippen LogP) is 0.0606. The van der Waals surface area contributed by atoms with Crippen LogP contribution in [0, 0.1) is 5.92 Å². The van der Waals surface area contributed by atoms with Crippen LogP contribution in [0.25, 0.3) is 11.2 Å². The minimum atomic E-state index is -5.26. The average Bonchev–Trinajstić information content (AvgIpc) is 3.13. The predicted molar refractivity (Wildman–Crippen MR) is 105 cm³/mol. The number of nitrogens with one attached hydrogen (secondary N) is 2. The van der Waals surface area contributed by atoms with Gasteiger partial charge < -0.3 is 29.8 Å². The molecule has 0 saturated carbocycles.